The fourth-order valence-electron chi connectivity index (χ4n) is 2.09. The Labute approximate surface area is 134 Å². The second kappa shape index (κ2) is 5.90. The third-order valence-electron chi connectivity index (χ3n) is 3.07. The van der Waals surface area contributed by atoms with Crippen LogP contribution >= 0.6 is 22.9 Å². The van der Waals surface area contributed by atoms with Crippen molar-refractivity contribution in [3.05, 3.63) is 50.6 Å². The van der Waals surface area contributed by atoms with Gasteiger partial charge >= 0.3 is 5.97 Å². The molecule has 0 aliphatic carbocycles. The standard InChI is InChI=1S/C15H11ClN2O3S/c1-2-21-15(20)9-7-22-14-11(9)13(19)17-12(18-14)8-5-3-4-6-10(8)16/h3-7H,2H2,1H3,(H,17,18,19). The maximum Gasteiger partial charge on any atom is 0.339 e. The lowest BCUT2D eigenvalue weighted by molar-refractivity contribution is 0.0529. The monoisotopic (exact) mass is 334 g/mol. The Balaban J connectivity index is 2.18. The van der Waals surface area contributed by atoms with Crippen molar-refractivity contribution in [3.8, 4) is 11.4 Å². The molecule has 3 aromatic rings. The van der Waals surface area contributed by atoms with E-state index in [1.807, 2.05) is 6.07 Å². The highest BCUT2D eigenvalue weighted by molar-refractivity contribution is 7.17. The molecule has 0 aliphatic rings. The van der Waals surface area contributed by atoms with Crippen molar-refractivity contribution >= 4 is 39.1 Å². The average molecular weight is 335 g/mol. The number of aromatic amines is 1. The van der Waals surface area contributed by atoms with Crippen molar-refractivity contribution in [2.24, 2.45) is 0 Å². The molecular weight excluding hydrogens is 324 g/mol. The summed E-state index contributed by atoms with van der Waals surface area (Å²) in [4.78, 5) is 31.8. The van der Waals surface area contributed by atoms with Crippen LogP contribution in [0.2, 0.25) is 5.02 Å². The van der Waals surface area contributed by atoms with Crippen molar-refractivity contribution < 1.29 is 9.53 Å². The van der Waals surface area contributed by atoms with Gasteiger partial charge in [0.15, 0.2) is 0 Å². The van der Waals surface area contributed by atoms with Gasteiger partial charge in [-0.2, -0.15) is 0 Å². The summed E-state index contributed by atoms with van der Waals surface area (Å²) in [6.45, 7) is 1.96. The van der Waals surface area contributed by atoms with Gasteiger partial charge in [0.2, 0.25) is 0 Å². The number of ether oxygens (including phenoxy) is 1. The lowest BCUT2D eigenvalue weighted by atomic mass is 10.2. The van der Waals surface area contributed by atoms with Gasteiger partial charge in [0.25, 0.3) is 5.56 Å². The summed E-state index contributed by atoms with van der Waals surface area (Å²) in [5.74, 6) is -0.146. The van der Waals surface area contributed by atoms with Crippen LogP contribution in [0, 0.1) is 0 Å². The van der Waals surface area contributed by atoms with Crippen molar-refractivity contribution in [1.82, 2.24) is 9.97 Å². The lowest BCUT2D eigenvalue weighted by Crippen LogP contribution is -2.13. The minimum absolute atomic E-state index is 0.237. The first kappa shape index (κ1) is 14.7. The molecule has 5 nitrogen and oxygen atoms in total. The van der Waals surface area contributed by atoms with Gasteiger partial charge in [-0.3, -0.25) is 4.79 Å². The zero-order valence-corrected chi connectivity index (χ0v) is 13.1. The van der Waals surface area contributed by atoms with Gasteiger partial charge in [-0.05, 0) is 19.1 Å². The van der Waals surface area contributed by atoms with E-state index in [2.05, 4.69) is 9.97 Å². The molecule has 0 aliphatic heterocycles. The number of benzene rings is 1. The number of H-pyrrole nitrogens is 1. The quantitative estimate of drug-likeness (QED) is 0.744. The number of hydrogen-bond donors (Lipinski definition) is 1. The molecule has 0 saturated carbocycles. The third kappa shape index (κ3) is 2.51. The van der Waals surface area contributed by atoms with Gasteiger partial charge in [0.1, 0.15) is 10.7 Å². The molecule has 0 radical (unpaired) electrons. The zero-order chi connectivity index (χ0) is 15.7. The Kier molecular flexibility index (Phi) is 3.96. The Morgan fingerprint density at radius 3 is 2.91 bits per heavy atom. The number of nitrogens with zero attached hydrogens (tertiary/aromatic N) is 1. The lowest BCUT2D eigenvalue weighted by Gasteiger charge is -2.04. The van der Waals surface area contributed by atoms with Gasteiger partial charge in [-0.15, -0.1) is 11.3 Å². The summed E-state index contributed by atoms with van der Waals surface area (Å²) < 4.78 is 4.95. The highest BCUT2D eigenvalue weighted by atomic mass is 35.5. The van der Waals surface area contributed by atoms with Crippen molar-refractivity contribution in [2.45, 2.75) is 6.92 Å². The van der Waals surface area contributed by atoms with Crippen LogP contribution in [0.3, 0.4) is 0 Å². The number of aromatic nitrogens is 2. The summed E-state index contributed by atoms with van der Waals surface area (Å²) in [5, 5.41) is 2.33. The van der Waals surface area contributed by atoms with Crippen molar-refractivity contribution in [3.63, 3.8) is 0 Å². The topological polar surface area (TPSA) is 72.0 Å². The molecular formula is C15H11ClN2O3S. The van der Waals surface area contributed by atoms with Crippen LogP contribution in [0.1, 0.15) is 17.3 Å². The van der Waals surface area contributed by atoms with Gasteiger partial charge < -0.3 is 9.72 Å². The van der Waals surface area contributed by atoms with E-state index in [4.69, 9.17) is 16.3 Å². The van der Waals surface area contributed by atoms with Crippen LogP contribution < -0.4 is 5.56 Å². The predicted molar refractivity (Wildman–Crippen MR) is 86.6 cm³/mol. The molecule has 0 fully saturated rings. The SMILES string of the molecule is CCOC(=O)c1csc2nc(-c3ccccc3Cl)[nH]c(=O)c12. The summed E-state index contributed by atoms with van der Waals surface area (Å²) in [7, 11) is 0. The van der Waals surface area contributed by atoms with Crippen LogP contribution in [-0.4, -0.2) is 22.5 Å². The molecule has 2 aromatic heterocycles. The Morgan fingerprint density at radius 1 is 1.41 bits per heavy atom. The van der Waals surface area contributed by atoms with E-state index in [0.29, 0.717) is 21.2 Å². The summed E-state index contributed by atoms with van der Waals surface area (Å²) in [5.41, 5.74) is 0.486. The summed E-state index contributed by atoms with van der Waals surface area (Å²) in [6, 6.07) is 7.10. The number of hydrogen-bond acceptors (Lipinski definition) is 5. The molecule has 0 bridgehead atoms. The molecule has 1 aromatic carbocycles. The molecule has 3 rings (SSSR count). The maximum atomic E-state index is 12.3. The highest BCUT2D eigenvalue weighted by Gasteiger charge is 2.18. The van der Waals surface area contributed by atoms with Gasteiger partial charge in [-0.1, -0.05) is 23.7 Å². The average Bonchev–Trinajstić information content (AvgIpc) is 2.92. The normalized spacial score (nSPS) is 10.8. The molecule has 1 N–H and O–H groups in total. The summed E-state index contributed by atoms with van der Waals surface area (Å²) in [6.07, 6.45) is 0. The number of carbonyl (C=O) groups is 1. The van der Waals surface area contributed by atoms with Crippen molar-refractivity contribution in [1.29, 1.82) is 0 Å². The van der Waals surface area contributed by atoms with Crippen LogP contribution in [0.5, 0.6) is 0 Å². The van der Waals surface area contributed by atoms with Crippen LogP contribution in [-0.2, 0) is 4.74 Å². The van der Waals surface area contributed by atoms with Gasteiger partial charge in [-0.25, -0.2) is 9.78 Å². The highest BCUT2D eigenvalue weighted by Crippen LogP contribution is 2.27. The van der Waals surface area contributed by atoms with Gasteiger partial charge in [0, 0.05) is 10.9 Å². The summed E-state index contributed by atoms with van der Waals surface area (Å²) >= 11 is 7.35. The van der Waals surface area contributed by atoms with Crippen LogP contribution in [0.4, 0.5) is 0 Å². The first-order valence-electron chi connectivity index (χ1n) is 6.55. The molecule has 0 saturated heterocycles. The van der Waals surface area contributed by atoms with E-state index >= 15 is 0 Å². The van der Waals surface area contributed by atoms with Gasteiger partial charge in [0.05, 0.1) is 22.6 Å². The second-order valence-electron chi connectivity index (χ2n) is 4.44. The number of halogens is 1. The minimum atomic E-state index is -0.522. The molecule has 0 unspecified atom stereocenters. The van der Waals surface area contributed by atoms with E-state index < -0.39 is 5.97 Å². The van der Waals surface area contributed by atoms with E-state index in [-0.39, 0.29) is 23.1 Å². The maximum absolute atomic E-state index is 12.3. The molecule has 0 spiro atoms. The van der Waals surface area contributed by atoms with Crippen LogP contribution in [0.25, 0.3) is 21.6 Å². The van der Waals surface area contributed by atoms with E-state index in [1.165, 1.54) is 11.3 Å². The molecule has 7 heteroatoms. The second-order valence-corrected chi connectivity index (χ2v) is 5.71. The number of rotatable bonds is 3. The molecule has 0 amide bonds. The molecule has 2 heterocycles. The molecule has 0 atom stereocenters. The number of carbonyl (C=O) groups excluding carboxylic acids is 1. The van der Waals surface area contributed by atoms with Crippen LogP contribution in [0.15, 0.2) is 34.4 Å². The van der Waals surface area contributed by atoms with E-state index in [0.717, 1.165) is 0 Å². The number of esters is 1. The smallest absolute Gasteiger partial charge is 0.339 e. The first-order valence-corrected chi connectivity index (χ1v) is 7.81. The Hall–Kier alpha value is -2.18. The minimum Gasteiger partial charge on any atom is -0.462 e. The predicted octanol–water partition coefficient (Wildman–Crippen LogP) is 3.48. The number of nitrogens with one attached hydrogen (secondary N) is 1. The zero-order valence-electron chi connectivity index (χ0n) is 11.6. The van der Waals surface area contributed by atoms with E-state index in [1.54, 1.807) is 30.5 Å². The Morgan fingerprint density at radius 2 is 2.18 bits per heavy atom. The van der Waals surface area contributed by atoms with Crippen molar-refractivity contribution in [2.75, 3.05) is 6.61 Å². The Bertz CT molecular complexity index is 917. The first-order chi connectivity index (χ1) is 10.6. The third-order valence-corrected chi connectivity index (χ3v) is 4.27. The molecule has 22 heavy (non-hydrogen) atoms. The molecule has 112 valence electrons. The van der Waals surface area contributed by atoms with E-state index in [9.17, 15) is 9.59 Å². The largest absolute Gasteiger partial charge is 0.462 e. The fraction of sp³-hybridized carbons (Fsp3) is 0.133. The fourth-order valence-corrected chi connectivity index (χ4v) is 3.22. The number of thiophene rings is 1. The number of fused-ring (bicyclic) bond motifs is 1.